The lowest BCUT2D eigenvalue weighted by molar-refractivity contribution is -0.485. The van der Waals surface area contributed by atoms with Crippen molar-refractivity contribution in [3.05, 3.63) is 81.4 Å². The average Bonchev–Trinajstić information content (AvgIpc) is 2.94. The fourth-order valence-electron chi connectivity index (χ4n) is 3.75. The third-order valence-electron chi connectivity index (χ3n) is 4.90. The maximum absolute atomic E-state index is 13.3. The van der Waals surface area contributed by atoms with E-state index >= 15 is 0 Å². The summed E-state index contributed by atoms with van der Waals surface area (Å²) in [6, 6.07) is 15.7. The van der Waals surface area contributed by atoms with Gasteiger partial charge in [-0.15, -0.1) is 0 Å². The first-order chi connectivity index (χ1) is 12.5. The number of rotatable bonds is 6. The second-order valence-corrected chi connectivity index (χ2v) is 6.33. The molecule has 26 heavy (non-hydrogen) atoms. The molecular weight excluding hydrogens is 334 g/mol. The van der Waals surface area contributed by atoms with Crippen LogP contribution in [0, 0.1) is 15.5 Å². The molecule has 0 spiro atoms. The predicted molar refractivity (Wildman–Crippen MR) is 94.6 cm³/mol. The zero-order valence-corrected chi connectivity index (χ0v) is 14.4. The summed E-state index contributed by atoms with van der Waals surface area (Å²) in [4.78, 5) is 37.2. The molecule has 2 aromatic rings. The predicted octanol–water partition coefficient (Wildman–Crippen LogP) is 3.04. The number of ketones is 1. The fourth-order valence-corrected chi connectivity index (χ4v) is 3.75. The van der Waals surface area contributed by atoms with Gasteiger partial charge in [0.05, 0.1) is 12.5 Å². The van der Waals surface area contributed by atoms with Crippen LogP contribution in [0.4, 0.5) is 0 Å². The highest BCUT2D eigenvalue weighted by Gasteiger charge is 2.59. The quantitative estimate of drug-likeness (QED) is 0.345. The summed E-state index contributed by atoms with van der Waals surface area (Å²) in [5, 5.41) is 11.4. The lowest BCUT2D eigenvalue weighted by Gasteiger charge is -2.31. The van der Waals surface area contributed by atoms with Gasteiger partial charge in [-0.25, -0.2) is 0 Å². The number of hydrogen-bond donors (Lipinski definition) is 0. The molecule has 0 saturated heterocycles. The Labute approximate surface area is 150 Å². The third kappa shape index (κ3) is 2.87. The number of nitro groups is 1. The number of hydrogen-bond acceptors (Lipinski definition) is 5. The smallest absolute Gasteiger partial charge is 0.321 e. The molecule has 6 heteroatoms. The molecule has 134 valence electrons. The van der Waals surface area contributed by atoms with Crippen LogP contribution < -0.4 is 0 Å². The average molecular weight is 353 g/mol. The number of carbonyl (C=O) groups is 2. The molecule has 0 saturated carbocycles. The van der Waals surface area contributed by atoms with E-state index in [4.69, 9.17) is 4.74 Å². The Hall–Kier alpha value is -3.02. The molecule has 1 aliphatic rings. The van der Waals surface area contributed by atoms with Gasteiger partial charge in [0.15, 0.2) is 5.78 Å². The van der Waals surface area contributed by atoms with Crippen LogP contribution in [-0.4, -0.2) is 29.8 Å². The maximum atomic E-state index is 13.3. The van der Waals surface area contributed by atoms with E-state index in [2.05, 4.69) is 0 Å². The Morgan fingerprint density at radius 2 is 1.85 bits per heavy atom. The monoisotopic (exact) mass is 353 g/mol. The van der Waals surface area contributed by atoms with Crippen LogP contribution >= 0.6 is 0 Å². The van der Waals surface area contributed by atoms with Crippen molar-refractivity contribution in [2.24, 2.45) is 5.41 Å². The van der Waals surface area contributed by atoms with Crippen molar-refractivity contribution >= 4 is 11.8 Å². The van der Waals surface area contributed by atoms with E-state index < -0.39 is 34.6 Å². The zero-order chi connectivity index (χ0) is 18.7. The summed E-state index contributed by atoms with van der Waals surface area (Å²) in [6.45, 7) is 1.23. The van der Waals surface area contributed by atoms with E-state index in [1.165, 1.54) is 0 Å². The summed E-state index contributed by atoms with van der Waals surface area (Å²) in [7, 11) is 0. The van der Waals surface area contributed by atoms with Gasteiger partial charge >= 0.3 is 5.97 Å². The fraction of sp³-hybridized carbons (Fsp3) is 0.300. The Bertz CT molecular complexity index is 848. The molecule has 3 rings (SSSR count). The van der Waals surface area contributed by atoms with Crippen LogP contribution in [0.15, 0.2) is 54.6 Å². The van der Waals surface area contributed by atoms with Crippen molar-refractivity contribution in [1.29, 1.82) is 0 Å². The van der Waals surface area contributed by atoms with E-state index in [-0.39, 0.29) is 13.0 Å². The van der Waals surface area contributed by atoms with Crippen LogP contribution in [0.3, 0.4) is 0 Å². The molecule has 0 radical (unpaired) electrons. The van der Waals surface area contributed by atoms with Gasteiger partial charge in [-0.05, 0) is 24.5 Å². The van der Waals surface area contributed by atoms with E-state index in [1.807, 2.05) is 0 Å². The van der Waals surface area contributed by atoms with Crippen molar-refractivity contribution in [3.63, 3.8) is 0 Å². The normalized spacial score (nSPS) is 19.7. The molecule has 6 nitrogen and oxygen atoms in total. The van der Waals surface area contributed by atoms with Gasteiger partial charge in [0.1, 0.15) is 5.41 Å². The number of Topliss-reactive ketones (excluding diaryl/α,β-unsaturated/α-hetero) is 1. The minimum absolute atomic E-state index is 0.101. The number of ether oxygens (including phenoxy) is 1. The highest BCUT2D eigenvalue weighted by atomic mass is 16.6. The second kappa shape index (κ2) is 7.07. The molecule has 2 atom stereocenters. The van der Waals surface area contributed by atoms with Crippen LogP contribution in [0.1, 0.15) is 34.3 Å². The van der Waals surface area contributed by atoms with Crippen LogP contribution in [0.5, 0.6) is 0 Å². The largest absolute Gasteiger partial charge is 0.465 e. The third-order valence-corrected chi connectivity index (χ3v) is 4.90. The molecule has 0 heterocycles. The Kier molecular flexibility index (Phi) is 4.84. The minimum atomic E-state index is -1.62. The van der Waals surface area contributed by atoms with Crippen molar-refractivity contribution in [2.75, 3.05) is 13.2 Å². The van der Waals surface area contributed by atoms with Crippen molar-refractivity contribution in [2.45, 2.75) is 19.3 Å². The lowest BCUT2D eigenvalue weighted by Crippen LogP contribution is -2.46. The van der Waals surface area contributed by atoms with Crippen molar-refractivity contribution in [3.8, 4) is 0 Å². The van der Waals surface area contributed by atoms with Gasteiger partial charge in [0, 0.05) is 10.5 Å². The van der Waals surface area contributed by atoms with Gasteiger partial charge in [0.25, 0.3) is 0 Å². The molecule has 2 aromatic carbocycles. The van der Waals surface area contributed by atoms with E-state index in [9.17, 15) is 19.7 Å². The second-order valence-electron chi connectivity index (χ2n) is 6.33. The number of esters is 1. The molecule has 0 unspecified atom stereocenters. The number of nitrogens with zero attached hydrogens (tertiary/aromatic N) is 1. The van der Waals surface area contributed by atoms with Crippen LogP contribution in [-0.2, 0) is 16.0 Å². The van der Waals surface area contributed by atoms with Crippen molar-refractivity contribution < 1.29 is 19.2 Å². The first-order valence-corrected chi connectivity index (χ1v) is 8.47. The molecule has 1 aliphatic carbocycles. The summed E-state index contributed by atoms with van der Waals surface area (Å²) < 4.78 is 5.23. The number of benzene rings is 2. The number of carbonyl (C=O) groups excluding carboxylic acids is 2. The summed E-state index contributed by atoms with van der Waals surface area (Å²) in [5.74, 6) is -2.00. The Balaban J connectivity index is 2.18. The molecule has 0 bridgehead atoms. The maximum Gasteiger partial charge on any atom is 0.321 e. The van der Waals surface area contributed by atoms with Crippen molar-refractivity contribution in [1.82, 2.24) is 0 Å². The van der Waals surface area contributed by atoms with Gasteiger partial charge in [-0.2, -0.15) is 0 Å². The summed E-state index contributed by atoms with van der Waals surface area (Å²) in [5.41, 5.74) is 0.117. The van der Waals surface area contributed by atoms with E-state index in [0.717, 1.165) is 5.56 Å². The van der Waals surface area contributed by atoms with Crippen LogP contribution in [0.2, 0.25) is 0 Å². The number of fused-ring (bicyclic) bond motifs is 1. The molecule has 0 aromatic heterocycles. The Morgan fingerprint density at radius 3 is 2.46 bits per heavy atom. The summed E-state index contributed by atoms with van der Waals surface area (Å²) >= 11 is 0. The molecule has 0 fully saturated rings. The zero-order valence-electron chi connectivity index (χ0n) is 14.4. The lowest BCUT2D eigenvalue weighted by atomic mass is 9.69. The SMILES string of the molecule is CCOC(=O)[C@]1([C@@H](C[N+](=O)[O-])c2ccccc2)Cc2ccccc2C1=O. The van der Waals surface area contributed by atoms with E-state index in [1.54, 1.807) is 61.5 Å². The van der Waals surface area contributed by atoms with Gasteiger partial charge < -0.3 is 4.74 Å². The van der Waals surface area contributed by atoms with E-state index in [0.29, 0.717) is 11.1 Å². The topological polar surface area (TPSA) is 86.5 Å². The van der Waals surface area contributed by atoms with Gasteiger partial charge in [-0.1, -0.05) is 54.6 Å². The standard InChI is InChI=1S/C20H19NO5/c1-2-26-19(23)20(12-15-10-6-7-11-16(15)18(20)22)17(13-21(24)25)14-8-4-3-5-9-14/h3-11,17H,2,12-13H2,1H3/t17-,20-/m0/s1. The highest BCUT2D eigenvalue weighted by Crippen LogP contribution is 2.48. The van der Waals surface area contributed by atoms with Gasteiger partial charge in [0.2, 0.25) is 6.54 Å². The minimum Gasteiger partial charge on any atom is -0.465 e. The molecular formula is C20H19NO5. The van der Waals surface area contributed by atoms with Crippen LogP contribution in [0.25, 0.3) is 0 Å². The molecule has 0 amide bonds. The van der Waals surface area contributed by atoms with Gasteiger partial charge in [-0.3, -0.25) is 19.7 Å². The highest BCUT2D eigenvalue weighted by molar-refractivity contribution is 6.16. The first kappa shape index (κ1) is 17.8. The Morgan fingerprint density at radius 1 is 1.19 bits per heavy atom. The summed E-state index contributed by atoms with van der Waals surface area (Å²) in [6.07, 6.45) is 0.105. The molecule has 0 N–H and O–H groups in total. The molecule has 0 aliphatic heterocycles. The first-order valence-electron chi connectivity index (χ1n) is 8.47.